The summed E-state index contributed by atoms with van der Waals surface area (Å²) in [6, 6.07) is 8.45. The third kappa shape index (κ3) is 3.08. The Morgan fingerprint density at radius 1 is 1.32 bits per heavy atom. The summed E-state index contributed by atoms with van der Waals surface area (Å²) in [5.74, 6) is 0.123. The minimum Gasteiger partial charge on any atom is -0.463 e. The van der Waals surface area contributed by atoms with E-state index in [-0.39, 0.29) is 5.76 Å². The first-order valence-corrected chi connectivity index (χ1v) is 7.00. The zero-order valence-electron chi connectivity index (χ0n) is 10.0. The third-order valence-electron chi connectivity index (χ3n) is 2.62. The van der Waals surface area contributed by atoms with Crippen LogP contribution in [0.3, 0.4) is 0 Å². The summed E-state index contributed by atoms with van der Waals surface area (Å²) in [5.41, 5.74) is 7.00. The molecule has 0 aliphatic carbocycles. The molecule has 0 saturated heterocycles. The van der Waals surface area contributed by atoms with Crippen LogP contribution < -0.4 is 5.73 Å². The Bertz CT molecular complexity index is 610. The van der Waals surface area contributed by atoms with E-state index in [9.17, 15) is 4.79 Å². The van der Waals surface area contributed by atoms with E-state index in [1.54, 1.807) is 12.1 Å². The molecule has 0 amide bonds. The lowest BCUT2D eigenvalue weighted by molar-refractivity contribution is 0.0562. The minimum atomic E-state index is -0.520. The van der Waals surface area contributed by atoms with E-state index in [4.69, 9.17) is 10.2 Å². The molecule has 1 unspecified atom stereocenters. The van der Waals surface area contributed by atoms with E-state index in [0.29, 0.717) is 5.76 Å². The molecule has 1 aromatic carbocycles. The van der Waals surface area contributed by atoms with Crippen LogP contribution >= 0.6 is 31.9 Å². The number of carbonyl (C=O) groups is 1. The number of carbonyl (C=O) groups excluding carboxylic acids is 1. The zero-order valence-corrected chi connectivity index (χ0v) is 13.2. The smallest absolute Gasteiger partial charge is 0.373 e. The fraction of sp³-hybridized carbons (Fsp3) is 0.154. The normalized spacial score (nSPS) is 12.2. The maximum atomic E-state index is 11.3. The number of hydrogen-bond donors (Lipinski definition) is 1. The molecule has 0 bridgehead atoms. The molecule has 0 fully saturated rings. The monoisotopic (exact) mass is 387 g/mol. The average Bonchev–Trinajstić information content (AvgIpc) is 2.86. The average molecular weight is 389 g/mol. The number of halogens is 2. The van der Waals surface area contributed by atoms with Crippen molar-refractivity contribution < 1.29 is 13.9 Å². The van der Waals surface area contributed by atoms with Crippen molar-refractivity contribution >= 4 is 37.8 Å². The lowest BCUT2D eigenvalue weighted by atomic mass is 10.1. The summed E-state index contributed by atoms with van der Waals surface area (Å²) < 4.78 is 11.8. The van der Waals surface area contributed by atoms with Gasteiger partial charge in [-0.15, -0.1) is 0 Å². The summed E-state index contributed by atoms with van der Waals surface area (Å²) in [4.78, 5) is 11.3. The van der Waals surface area contributed by atoms with Crippen molar-refractivity contribution in [2.45, 2.75) is 6.04 Å². The molecular formula is C13H11Br2NO3. The summed E-state index contributed by atoms with van der Waals surface area (Å²) in [6.45, 7) is 0. The van der Waals surface area contributed by atoms with Gasteiger partial charge in [-0.25, -0.2) is 4.79 Å². The van der Waals surface area contributed by atoms with Crippen molar-refractivity contribution in [2.24, 2.45) is 5.73 Å². The van der Waals surface area contributed by atoms with Crippen LogP contribution in [0.2, 0.25) is 0 Å². The fourth-order valence-electron chi connectivity index (χ4n) is 1.64. The minimum absolute atomic E-state index is 0.140. The van der Waals surface area contributed by atoms with Crippen LogP contribution in [0.25, 0.3) is 0 Å². The lowest BCUT2D eigenvalue weighted by Crippen LogP contribution is -2.11. The van der Waals surface area contributed by atoms with Gasteiger partial charge in [0.2, 0.25) is 5.76 Å². The van der Waals surface area contributed by atoms with Crippen LogP contribution in [0.4, 0.5) is 0 Å². The van der Waals surface area contributed by atoms with Crippen molar-refractivity contribution in [1.29, 1.82) is 0 Å². The Balaban J connectivity index is 2.31. The predicted octanol–water partition coefficient (Wildman–Crippen LogP) is 3.64. The molecule has 2 N–H and O–H groups in total. The SMILES string of the molecule is COC(=O)c1ccc(C(N)c2ccc(Br)cc2Br)o1. The number of methoxy groups -OCH3 is 1. The summed E-state index contributed by atoms with van der Waals surface area (Å²) in [5, 5.41) is 0. The van der Waals surface area contributed by atoms with E-state index in [0.717, 1.165) is 14.5 Å². The molecule has 1 heterocycles. The topological polar surface area (TPSA) is 65.5 Å². The van der Waals surface area contributed by atoms with Crippen LogP contribution in [-0.4, -0.2) is 13.1 Å². The molecule has 1 atom stereocenters. The number of furan rings is 1. The van der Waals surface area contributed by atoms with E-state index < -0.39 is 12.0 Å². The number of ether oxygens (including phenoxy) is 1. The van der Waals surface area contributed by atoms with Crippen molar-refractivity contribution in [1.82, 2.24) is 0 Å². The Labute approximate surface area is 127 Å². The molecule has 100 valence electrons. The first-order valence-electron chi connectivity index (χ1n) is 5.41. The van der Waals surface area contributed by atoms with E-state index >= 15 is 0 Å². The Hall–Kier alpha value is -1.11. The number of esters is 1. The van der Waals surface area contributed by atoms with Crippen molar-refractivity contribution in [2.75, 3.05) is 7.11 Å². The predicted molar refractivity (Wildman–Crippen MR) is 77.9 cm³/mol. The molecule has 1 aromatic heterocycles. The van der Waals surface area contributed by atoms with Gasteiger partial charge in [-0.2, -0.15) is 0 Å². The number of benzene rings is 1. The van der Waals surface area contributed by atoms with Crippen molar-refractivity contribution in [3.05, 3.63) is 56.4 Å². The highest BCUT2D eigenvalue weighted by molar-refractivity contribution is 9.11. The standard InChI is InChI=1S/C13H11Br2NO3/c1-18-13(17)11-5-4-10(19-11)12(16)8-3-2-7(14)6-9(8)15/h2-6,12H,16H2,1H3. The summed E-state index contributed by atoms with van der Waals surface area (Å²) >= 11 is 6.83. The molecule has 0 aliphatic heterocycles. The highest BCUT2D eigenvalue weighted by Crippen LogP contribution is 2.30. The second-order valence-corrected chi connectivity index (χ2v) is 5.61. The Kier molecular flexibility index (Phi) is 4.44. The van der Waals surface area contributed by atoms with Gasteiger partial charge in [-0.05, 0) is 29.8 Å². The first kappa shape index (κ1) is 14.3. The highest BCUT2D eigenvalue weighted by atomic mass is 79.9. The summed E-state index contributed by atoms with van der Waals surface area (Å²) in [6.07, 6.45) is 0. The molecular weight excluding hydrogens is 378 g/mol. The van der Waals surface area contributed by atoms with Gasteiger partial charge in [0, 0.05) is 8.95 Å². The van der Waals surface area contributed by atoms with Crippen LogP contribution in [0.15, 0.2) is 43.7 Å². The van der Waals surface area contributed by atoms with Crippen molar-refractivity contribution in [3.63, 3.8) is 0 Å². The molecule has 4 nitrogen and oxygen atoms in total. The Morgan fingerprint density at radius 2 is 2.05 bits per heavy atom. The van der Waals surface area contributed by atoms with Crippen LogP contribution in [0, 0.1) is 0 Å². The first-order chi connectivity index (χ1) is 9.02. The van der Waals surface area contributed by atoms with Crippen LogP contribution in [0.1, 0.15) is 27.9 Å². The molecule has 2 rings (SSSR count). The van der Waals surface area contributed by atoms with Gasteiger partial charge in [0.1, 0.15) is 5.76 Å². The third-order valence-corrected chi connectivity index (χ3v) is 3.80. The lowest BCUT2D eigenvalue weighted by Gasteiger charge is -2.11. The molecule has 0 aliphatic rings. The van der Waals surface area contributed by atoms with E-state index in [2.05, 4.69) is 36.6 Å². The molecule has 0 saturated carbocycles. The second-order valence-electron chi connectivity index (χ2n) is 3.84. The van der Waals surface area contributed by atoms with E-state index in [1.165, 1.54) is 7.11 Å². The number of hydrogen-bond acceptors (Lipinski definition) is 4. The largest absolute Gasteiger partial charge is 0.463 e. The number of rotatable bonds is 3. The zero-order chi connectivity index (χ0) is 14.0. The number of nitrogens with two attached hydrogens (primary N) is 1. The van der Waals surface area contributed by atoms with Gasteiger partial charge in [0.25, 0.3) is 0 Å². The summed E-state index contributed by atoms with van der Waals surface area (Å²) in [7, 11) is 1.30. The second kappa shape index (κ2) is 5.90. The maximum absolute atomic E-state index is 11.3. The fourth-order valence-corrected chi connectivity index (χ4v) is 2.93. The van der Waals surface area contributed by atoms with Crippen molar-refractivity contribution in [3.8, 4) is 0 Å². The maximum Gasteiger partial charge on any atom is 0.373 e. The van der Waals surface area contributed by atoms with Gasteiger partial charge in [-0.3, -0.25) is 0 Å². The molecule has 0 radical (unpaired) electrons. The molecule has 19 heavy (non-hydrogen) atoms. The molecule has 2 aromatic rings. The van der Waals surface area contributed by atoms with E-state index in [1.807, 2.05) is 18.2 Å². The van der Waals surface area contributed by atoms with Gasteiger partial charge >= 0.3 is 5.97 Å². The van der Waals surface area contributed by atoms with Gasteiger partial charge in [0.15, 0.2) is 0 Å². The van der Waals surface area contributed by atoms with Gasteiger partial charge in [0.05, 0.1) is 13.2 Å². The highest BCUT2D eigenvalue weighted by Gasteiger charge is 2.18. The molecule has 0 spiro atoms. The van der Waals surface area contributed by atoms with Crippen LogP contribution in [0.5, 0.6) is 0 Å². The molecule has 6 heteroatoms. The quantitative estimate of drug-likeness (QED) is 0.815. The Morgan fingerprint density at radius 3 is 2.68 bits per heavy atom. The van der Waals surface area contributed by atoms with Gasteiger partial charge in [-0.1, -0.05) is 37.9 Å². The van der Waals surface area contributed by atoms with Gasteiger partial charge < -0.3 is 14.9 Å². The van der Waals surface area contributed by atoms with Crippen LogP contribution in [-0.2, 0) is 4.74 Å².